The average Bonchev–Trinajstić information content (AvgIpc) is 2.31. The number of nitrogens with one attached hydrogen (secondary N) is 2. The third-order valence-corrected chi connectivity index (χ3v) is 2.63. The van der Waals surface area contributed by atoms with Crippen molar-refractivity contribution in [2.45, 2.75) is 18.9 Å². The van der Waals surface area contributed by atoms with Crippen molar-refractivity contribution in [2.24, 2.45) is 0 Å². The molecule has 0 spiro atoms. The van der Waals surface area contributed by atoms with Gasteiger partial charge >= 0.3 is 0 Å². The summed E-state index contributed by atoms with van der Waals surface area (Å²) in [7, 11) is 1.67. The lowest BCUT2D eigenvalue weighted by molar-refractivity contribution is 0.412. The maximum atomic E-state index is 5.24. The first-order valence-electron chi connectivity index (χ1n) is 5.36. The smallest absolute Gasteiger partial charge is 0.168 e. The van der Waals surface area contributed by atoms with Crippen LogP contribution in [0.1, 0.15) is 12.8 Å². The minimum atomic E-state index is 0.461. The number of methoxy groups -OCH3 is 1. The summed E-state index contributed by atoms with van der Waals surface area (Å²) in [6, 6.07) is 4.26. The molecule has 0 radical (unpaired) electrons. The van der Waals surface area contributed by atoms with Crippen molar-refractivity contribution in [3.05, 3.63) is 18.3 Å². The second-order valence-electron chi connectivity index (χ2n) is 3.74. The Morgan fingerprint density at radius 2 is 2.53 bits per heavy atom. The fraction of sp³-hybridized carbons (Fsp3) is 0.545. The predicted molar refractivity (Wildman–Crippen MR) is 60.3 cm³/mol. The molecule has 15 heavy (non-hydrogen) atoms. The minimum absolute atomic E-state index is 0.461. The Morgan fingerprint density at radius 1 is 1.60 bits per heavy atom. The summed E-state index contributed by atoms with van der Waals surface area (Å²) in [5.74, 6) is 1.65. The van der Waals surface area contributed by atoms with Gasteiger partial charge in [-0.15, -0.1) is 0 Å². The number of ether oxygens (including phenoxy) is 1. The van der Waals surface area contributed by atoms with Gasteiger partial charge < -0.3 is 15.4 Å². The Bertz CT molecular complexity index is 310. The SMILES string of the molecule is COc1cccnc1NC1CCCNC1. The van der Waals surface area contributed by atoms with E-state index in [0.29, 0.717) is 6.04 Å². The summed E-state index contributed by atoms with van der Waals surface area (Å²) in [6.45, 7) is 2.12. The molecule has 4 heteroatoms. The molecule has 2 heterocycles. The van der Waals surface area contributed by atoms with Crippen LogP contribution < -0.4 is 15.4 Å². The molecule has 0 aliphatic carbocycles. The molecular formula is C11H17N3O. The Kier molecular flexibility index (Phi) is 3.40. The fourth-order valence-electron chi connectivity index (χ4n) is 1.83. The zero-order chi connectivity index (χ0) is 10.5. The monoisotopic (exact) mass is 207 g/mol. The highest BCUT2D eigenvalue weighted by atomic mass is 16.5. The predicted octanol–water partition coefficient (Wildman–Crippen LogP) is 1.25. The molecule has 2 rings (SSSR count). The van der Waals surface area contributed by atoms with Crippen LogP contribution in [0.25, 0.3) is 0 Å². The molecule has 0 aromatic carbocycles. The molecule has 4 nitrogen and oxygen atoms in total. The van der Waals surface area contributed by atoms with E-state index < -0.39 is 0 Å². The van der Waals surface area contributed by atoms with Gasteiger partial charge in [0.15, 0.2) is 11.6 Å². The summed E-state index contributed by atoms with van der Waals surface area (Å²) in [5, 5.41) is 6.76. The highest BCUT2D eigenvalue weighted by Crippen LogP contribution is 2.21. The maximum Gasteiger partial charge on any atom is 0.168 e. The standard InChI is InChI=1S/C11H17N3O/c1-15-10-5-3-7-13-11(10)14-9-4-2-6-12-8-9/h3,5,7,9,12H,2,4,6,8H2,1H3,(H,13,14). The summed E-state index contributed by atoms with van der Waals surface area (Å²) < 4.78 is 5.24. The molecule has 0 bridgehead atoms. The number of piperidine rings is 1. The quantitative estimate of drug-likeness (QED) is 0.783. The number of anilines is 1. The third-order valence-electron chi connectivity index (χ3n) is 2.63. The van der Waals surface area contributed by atoms with Crippen LogP contribution in [0.5, 0.6) is 5.75 Å². The zero-order valence-corrected chi connectivity index (χ0v) is 8.99. The fourth-order valence-corrected chi connectivity index (χ4v) is 1.83. The van der Waals surface area contributed by atoms with Gasteiger partial charge in [-0.3, -0.25) is 0 Å². The van der Waals surface area contributed by atoms with E-state index in [-0.39, 0.29) is 0 Å². The molecule has 1 atom stereocenters. The van der Waals surface area contributed by atoms with Gasteiger partial charge in [-0.1, -0.05) is 0 Å². The second kappa shape index (κ2) is 4.98. The van der Waals surface area contributed by atoms with Crippen LogP contribution in [0, 0.1) is 0 Å². The van der Waals surface area contributed by atoms with E-state index in [1.165, 1.54) is 12.8 Å². The number of aromatic nitrogens is 1. The van der Waals surface area contributed by atoms with Crippen molar-refractivity contribution in [2.75, 3.05) is 25.5 Å². The van der Waals surface area contributed by atoms with Crippen LogP contribution in [-0.2, 0) is 0 Å². The van der Waals surface area contributed by atoms with Crippen molar-refractivity contribution in [3.8, 4) is 5.75 Å². The van der Waals surface area contributed by atoms with Gasteiger partial charge in [-0.2, -0.15) is 0 Å². The second-order valence-corrected chi connectivity index (χ2v) is 3.74. The molecule has 1 aromatic rings. The van der Waals surface area contributed by atoms with Gasteiger partial charge in [0, 0.05) is 18.8 Å². The van der Waals surface area contributed by atoms with Crippen LogP contribution in [0.15, 0.2) is 18.3 Å². The van der Waals surface area contributed by atoms with E-state index in [2.05, 4.69) is 15.6 Å². The van der Waals surface area contributed by atoms with E-state index in [0.717, 1.165) is 24.7 Å². The summed E-state index contributed by atoms with van der Waals surface area (Å²) in [6.07, 6.45) is 4.18. The van der Waals surface area contributed by atoms with Crippen molar-refractivity contribution in [1.29, 1.82) is 0 Å². The summed E-state index contributed by atoms with van der Waals surface area (Å²) in [5.41, 5.74) is 0. The molecule has 2 N–H and O–H groups in total. The zero-order valence-electron chi connectivity index (χ0n) is 8.99. The van der Waals surface area contributed by atoms with Crippen LogP contribution in [0.3, 0.4) is 0 Å². The maximum absolute atomic E-state index is 5.24. The topological polar surface area (TPSA) is 46.2 Å². The van der Waals surface area contributed by atoms with E-state index in [9.17, 15) is 0 Å². The molecule has 1 aliphatic rings. The normalized spacial score (nSPS) is 21.0. The van der Waals surface area contributed by atoms with Crippen LogP contribution >= 0.6 is 0 Å². The lowest BCUT2D eigenvalue weighted by Crippen LogP contribution is -2.38. The van der Waals surface area contributed by atoms with Gasteiger partial charge in [-0.25, -0.2) is 4.98 Å². The molecular weight excluding hydrogens is 190 g/mol. The first kappa shape index (κ1) is 10.2. The summed E-state index contributed by atoms with van der Waals surface area (Å²) in [4.78, 5) is 4.28. The molecule has 1 fully saturated rings. The van der Waals surface area contributed by atoms with Crippen molar-refractivity contribution in [1.82, 2.24) is 10.3 Å². The largest absolute Gasteiger partial charge is 0.493 e. The molecule has 1 unspecified atom stereocenters. The third kappa shape index (κ3) is 2.59. The number of rotatable bonds is 3. The highest BCUT2D eigenvalue weighted by molar-refractivity contribution is 5.50. The van der Waals surface area contributed by atoms with Gasteiger partial charge in [0.05, 0.1) is 7.11 Å². The highest BCUT2D eigenvalue weighted by Gasteiger charge is 2.14. The van der Waals surface area contributed by atoms with E-state index in [4.69, 9.17) is 4.74 Å². The average molecular weight is 207 g/mol. The molecule has 1 aromatic heterocycles. The van der Waals surface area contributed by atoms with Crippen molar-refractivity contribution in [3.63, 3.8) is 0 Å². The van der Waals surface area contributed by atoms with Gasteiger partial charge in [0.25, 0.3) is 0 Å². The van der Waals surface area contributed by atoms with Crippen LogP contribution in [-0.4, -0.2) is 31.2 Å². The molecule has 1 aliphatic heterocycles. The molecule has 0 amide bonds. The van der Waals surface area contributed by atoms with E-state index >= 15 is 0 Å². The van der Waals surface area contributed by atoms with Crippen LogP contribution in [0.4, 0.5) is 5.82 Å². The Balaban J connectivity index is 2.02. The molecule has 82 valence electrons. The Morgan fingerprint density at radius 3 is 3.27 bits per heavy atom. The number of pyridine rings is 1. The lowest BCUT2D eigenvalue weighted by Gasteiger charge is -2.24. The molecule has 1 saturated heterocycles. The van der Waals surface area contributed by atoms with E-state index in [1.807, 2.05) is 12.1 Å². The van der Waals surface area contributed by atoms with Crippen molar-refractivity contribution >= 4 is 5.82 Å². The minimum Gasteiger partial charge on any atom is -0.493 e. The van der Waals surface area contributed by atoms with E-state index in [1.54, 1.807) is 13.3 Å². The number of hydrogen-bond acceptors (Lipinski definition) is 4. The first-order valence-corrected chi connectivity index (χ1v) is 5.36. The number of nitrogens with zero attached hydrogens (tertiary/aromatic N) is 1. The lowest BCUT2D eigenvalue weighted by atomic mass is 10.1. The van der Waals surface area contributed by atoms with Gasteiger partial charge in [0.1, 0.15) is 0 Å². The Hall–Kier alpha value is -1.29. The summed E-state index contributed by atoms with van der Waals surface area (Å²) >= 11 is 0. The Labute approximate surface area is 90.0 Å². The number of hydrogen-bond donors (Lipinski definition) is 2. The van der Waals surface area contributed by atoms with Crippen LogP contribution in [0.2, 0.25) is 0 Å². The first-order chi connectivity index (χ1) is 7.40. The van der Waals surface area contributed by atoms with Crippen molar-refractivity contribution < 1.29 is 4.74 Å². The van der Waals surface area contributed by atoms with Gasteiger partial charge in [0.2, 0.25) is 0 Å². The van der Waals surface area contributed by atoms with Gasteiger partial charge in [-0.05, 0) is 31.5 Å². The molecule has 0 saturated carbocycles.